The topological polar surface area (TPSA) is 69.6 Å². The Kier molecular flexibility index (Phi) is 3.31. The molecule has 0 atom stereocenters. The smallest absolute Gasteiger partial charge is 0.267 e. The molecule has 1 amide bonds. The first-order valence-corrected chi connectivity index (χ1v) is 6.61. The summed E-state index contributed by atoms with van der Waals surface area (Å²) in [7, 11) is 0. The van der Waals surface area contributed by atoms with Gasteiger partial charge in [0.25, 0.3) is 5.91 Å². The van der Waals surface area contributed by atoms with Crippen molar-refractivity contribution in [3.8, 4) is 5.75 Å². The monoisotopic (exact) mass is 281 g/mol. The van der Waals surface area contributed by atoms with Crippen LogP contribution >= 0.6 is 0 Å². The molecule has 0 bridgehead atoms. The number of rotatable bonds is 4. The van der Waals surface area contributed by atoms with Gasteiger partial charge < -0.3 is 10.5 Å². The first kappa shape index (κ1) is 13.2. The highest BCUT2D eigenvalue weighted by Gasteiger charge is 2.16. The Balaban J connectivity index is 1.96. The molecule has 0 radical (unpaired) electrons. The lowest BCUT2D eigenvalue weighted by Gasteiger charge is -2.07. The summed E-state index contributed by atoms with van der Waals surface area (Å²) in [6, 6.07) is 13.5. The van der Waals surface area contributed by atoms with E-state index in [0.717, 1.165) is 5.56 Å². The minimum atomic E-state index is -0.500. The average Bonchev–Trinajstić information content (AvgIpc) is 2.82. The van der Waals surface area contributed by atoms with Crippen LogP contribution in [0.25, 0.3) is 5.65 Å². The highest BCUT2D eigenvalue weighted by molar-refractivity contribution is 5.93. The molecule has 2 N–H and O–H groups in total. The third-order valence-electron chi connectivity index (χ3n) is 3.26. The lowest BCUT2D eigenvalue weighted by molar-refractivity contribution is 0.0994. The maximum absolute atomic E-state index is 11.5. The number of fused-ring (bicyclic) bond motifs is 1. The van der Waals surface area contributed by atoms with Crippen molar-refractivity contribution in [2.45, 2.75) is 13.5 Å². The standard InChI is InChI=1S/C16H15N3O2/c1-11-14(15(17)20)19-9-5-8-13(16(19)18-11)21-10-12-6-3-2-4-7-12/h2-9H,10H2,1H3,(H2,17,20). The number of aryl methyl sites for hydroxylation is 1. The fourth-order valence-electron chi connectivity index (χ4n) is 2.30. The largest absolute Gasteiger partial charge is 0.485 e. The molecule has 2 heterocycles. The van der Waals surface area contributed by atoms with Crippen LogP contribution in [-0.2, 0) is 6.61 Å². The Morgan fingerprint density at radius 3 is 2.71 bits per heavy atom. The van der Waals surface area contributed by atoms with E-state index in [2.05, 4.69) is 4.98 Å². The molecule has 5 heteroatoms. The molecule has 0 aliphatic heterocycles. The maximum atomic E-state index is 11.5. The van der Waals surface area contributed by atoms with Crippen LogP contribution in [-0.4, -0.2) is 15.3 Å². The van der Waals surface area contributed by atoms with Gasteiger partial charge in [-0.05, 0) is 24.6 Å². The molecule has 21 heavy (non-hydrogen) atoms. The third kappa shape index (κ3) is 2.45. The molecule has 2 aromatic heterocycles. The fourth-order valence-corrected chi connectivity index (χ4v) is 2.30. The van der Waals surface area contributed by atoms with Crippen LogP contribution in [0.4, 0.5) is 0 Å². The number of nitrogens with two attached hydrogens (primary N) is 1. The van der Waals surface area contributed by atoms with E-state index in [4.69, 9.17) is 10.5 Å². The van der Waals surface area contributed by atoms with Crippen molar-refractivity contribution >= 4 is 11.6 Å². The highest BCUT2D eigenvalue weighted by atomic mass is 16.5. The van der Waals surface area contributed by atoms with Crippen molar-refractivity contribution in [2.75, 3.05) is 0 Å². The Morgan fingerprint density at radius 1 is 1.24 bits per heavy atom. The number of hydrogen-bond donors (Lipinski definition) is 1. The van der Waals surface area contributed by atoms with Gasteiger partial charge in [0.2, 0.25) is 0 Å². The first-order chi connectivity index (χ1) is 10.2. The molecule has 1 aromatic carbocycles. The molecule has 0 unspecified atom stereocenters. The van der Waals surface area contributed by atoms with Gasteiger partial charge in [0.1, 0.15) is 12.3 Å². The number of primary amides is 1. The molecule has 0 saturated carbocycles. The van der Waals surface area contributed by atoms with Crippen molar-refractivity contribution in [2.24, 2.45) is 5.73 Å². The first-order valence-electron chi connectivity index (χ1n) is 6.61. The van der Waals surface area contributed by atoms with E-state index in [0.29, 0.717) is 29.4 Å². The second kappa shape index (κ2) is 5.28. The number of benzene rings is 1. The molecule has 3 rings (SSSR count). The van der Waals surface area contributed by atoms with E-state index in [1.807, 2.05) is 36.4 Å². The second-order valence-electron chi connectivity index (χ2n) is 4.75. The number of amides is 1. The normalized spacial score (nSPS) is 10.7. The molecule has 0 spiro atoms. The number of pyridine rings is 1. The summed E-state index contributed by atoms with van der Waals surface area (Å²) in [4.78, 5) is 15.9. The minimum Gasteiger partial charge on any atom is -0.485 e. The fraction of sp³-hybridized carbons (Fsp3) is 0.125. The van der Waals surface area contributed by atoms with E-state index >= 15 is 0 Å². The lowest BCUT2D eigenvalue weighted by atomic mass is 10.2. The third-order valence-corrected chi connectivity index (χ3v) is 3.26. The Labute approximate surface area is 122 Å². The van der Waals surface area contributed by atoms with Crippen LogP contribution in [0, 0.1) is 6.92 Å². The number of carbonyl (C=O) groups excluding carboxylic acids is 1. The zero-order valence-corrected chi connectivity index (χ0v) is 11.6. The number of hydrogen-bond acceptors (Lipinski definition) is 3. The summed E-state index contributed by atoms with van der Waals surface area (Å²) < 4.78 is 7.48. The van der Waals surface area contributed by atoms with Gasteiger partial charge in [-0.1, -0.05) is 30.3 Å². The zero-order valence-electron chi connectivity index (χ0n) is 11.6. The Hall–Kier alpha value is -2.82. The summed E-state index contributed by atoms with van der Waals surface area (Å²) in [6.45, 7) is 2.20. The minimum absolute atomic E-state index is 0.384. The van der Waals surface area contributed by atoms with Gasteiger partial charge in [-0.3, -0.25) is 9.20 Å². The Morgan fingerprint density at radius 2 is 2.00 bits per heavy atom. The maximum Gasteiger partial charge on any atom is 0.267 e. The highest BCUT2D eigenvalue weighted by Crippen LogP contribution is 2.22. The van der Waals surface area contributed by atoms with E-state index in [1.54, 1.807) is 23.6 Å². The summed E-state index contributed by atoms with van der Waals surface area (Å²) in [5, 5.41) is 0. The molecule has 106 valence electrons. The molecule has 3 aromatic rings. The van der Waals surface area contributed by atoms with Gasteiger partial charge in [0.15, 0.2) is 11.4 Å². The lowest BCUT2D eigenvalue weighted by Crippen LogP contribution is -2.15. The Bertz CT molecular complexity index is 794. The average molecular weight is 281 g/mol. The van der Waals surface area contributed by atoms with Crippen molar-refractivity contribution in [1.82, 2.24) is 9.38 Å². The van der Waals surface area contributed by atoms with E-state index < -0.39 is 5.91 Å². The van der Waals surface area contributed by atoms with Crippen LogP contribution in [0.2, 0.25) is 0 Å². The molecule has 0 aliphatic rings. The second-order valence-corrected chi connectivity index (χ2v) is 4.75. The molecule has 0 saturated heterocycles. The molecule has 0 aliphatic carbocycles. The van der Waals surface area contributed by atoms with Gasteiger partial charge in [0.05, 0.1) is 5.69 Å². The van der Waals surface area contributed by atoms with Gasteiger partial charge in [-0.15, -0.1) is 0 Å². The molecule has 5 nitrogen and oxygen atoms in total. The number of aromatic nitrogens is 2. The predicted octanol–water partition coefficient (Wildman–Crippen LogP) is 2.32. The predicted molar refractivity (Wildman–Crippen MR) is 79.2 cm³/mol. The van der Waals surface area contributed by atoms with E-state index in [1.165, 1.54) is 0 Å². The molecular weight excluding hydrogens is 266 g/mol. The quantitative estimate of drug-likeness (QED) is 0.798. The molecule has 0 fully saturated rings. The summed E-state index contributed by atoms with van der Waals surface area (Å²) >= 11 is 0. The van der Waals surface area contributed by atoms with Gasteiger partial charge in [0, 0.05) is 6.20 Å². The van der Waals surface area contributed by atoms with Gasteiger partial charge in [-0.2, -0.15) is 0 Å². The van der Waals surface area contributed by atoms with Crippen LogP contribution in [0.5, 0.6) is 5.75 Å². The SMILES string of the molecule is Cc1nc2c(OCc3ccccc3)cccn2c1C(N)=O. The summed E-state index contributed by atoms with van der Waals surface area (Å²) in [5.74, 6) is 0.122. The van der Waals surface area contributed by atoms with E-state index in [-0.39, 0.29) is 0 Å². The van der Waals surface area contributed by atoms with Crippen LogP contribution in [0.1, 0.15) is 21.7 Å². The van der Waals surface area contributed by atoms with Crippen molar-refractivity contribution < 1.29 is 9.53 Å². The summed E-state index contributed by atoms with van der Waals surface area (Å²) in [6.07, 6.45) is 1.75. The van der Waals surface area contributed by atoms with Gasteiger partial charge in [-0.25, -0.2) is 4.98 Å². The van der Waals surface area contributed by atoms with Crippen LogP contribution < -0.4 is 10.5 Å². The van der Waals surface area contributed by atoms with Crippen molar-refractivity contribution in [3.05, 3.63) is 65.6 Å². The van der Waals surface area contributed by atoms with Crippen LogP contribution in [0.15, 0.2) is 48.7 Å². The van der Waals surface area contributed by atoms with Gasteiger partial charge >= 0.3 is 0 Å². The zero-order chi connectivity index (χ0) is 14.8. The van der Waals surface area contributed by atoms with Crippen molar-refractivity contribution in [1.29, 1.82) is 0 Å². The van der Waals surface area contributed by atoms with E-state index in [9.17, 15) is 4.79 Å². The number of ether oxygens (including phenoxy) is 1. The number of carbonyl (C=O) groups is 1. The number of nitrogens with zero attached hydrogens (tertiary/aromatic N) is 2. The van der Waals surface area contributed by atoms with Crippen molar-refractivity contribution in [3.63, 3.8) is 0 Å². The summed E-state index contributed by atoms with van der Waals surface area (Å²) in [5.41, 5.74) is 8.04. The number of imidazole rings is 1. The van der Waals surface area contributed by atoms with Crippen LogP contribution in [0.3, 0.4) is 0 Å². The molecular formula is C16H15N3O2.